The van der Waals surface area contributed by atoms with Crippen LogP contribution in [0.15, 0.2) is 89.6 Å². The molecule has 0 atom stereocenters. The fourth-order valence-corrected chi connectivity index (χ4v) is 3.99. The smallest absolute Gasteiger partial charge is 0.282 e. The molecule has 0 fully saturated rings. The highest BCUT2D eigenvalue weighted by Crippen LogP contribution is 2.27. The number of hydrogen-bond acceptors (Lipinski definition) is 6. The van der Waals surface area contributed by atoms with Gasteiger partial charge < -0.3 is 9.64 Å². The number of ether oxygens (including phenoxy) is 1. The van der Waals surface area contributed by atoms with Gasteiger partial charge in [0, 0.05) is 23.8 Å². The molecular weight excluding hydrogens is 486 g/mol. The Morgan fingerprint density at radius 2 is 1.57 bits per heavy atom. The van der Waals surface area contributed by atoms with Gasteiger partial charge in [-0.3, -0.25) is 9.69 Å². The molecule has 0 saturated carbocycles. The maximum absolute atomic E-state index is 13.4. The minimum Gasteiger partial charge on any atom is -0.486 e. The van der Waals surface area contributed by atoms with Crippen molar-refractivity contribution >= 4 is 40.8 Å². The molecule has 3 aromatic carbocycles. The topological polar surface area (TPSA) is 92.7 Å². The van der Waals surface area contributed by atoms with E-state index in [0.29, 0.717) is 53.9 Å². The number of nitriles is 2. The van der Waals surface area contributed by atoms with E-state index < -0.39 is 0 Å². The summed E-state index contributed by atoms with van der Waals surface area (Å²) in [6.07, 6.45) is 2.48. The van der Waals surface area contributed by atoms with Crippen molar-refractivity contribution in [2.45, 2.75) is 12.8 Å². The number of anilines is 2. The molecular formula is C29H24ClN5O2. The molecule has 0 N–H and O–H groups in total. The molecule has 1 aliphatic rings. The van der Waals surface area contributed by atoms with Crippen molar-refractivity contribution in [1.29, 1.82) is 10.5 Å². The summed E-state index contributed by atoms with van der Waals surface area (Å²) in [5.41, 5.74) is 2.65. The Hall–Kier alpha value is -4.59. The van der Waals surface area contributed by atoms with Crippen LogP contribution >= 0.6 is 11.6 Å². The fraction of sp³-hybridized carbons (Fsp3) is 0.172. The number of hydrogen-bond donors (Lipinski definition) is 0. The third-order valence-corrected chi connectivity index (χ3v) is 5.93. The van der Waals surface area contributed by atoms with Gasteiger partial charge in [-0.25, -0.2) is 4.99 Å². The highest BCUT2D eigenvalue weighted by molar-refractivity contribution is 6.31. The van der Waals surface area contributed by atoms with Gasteiger partial charge >= 0.3 is 0 Å². The molecule has 4 rings (SSSR count). The Kier molecular flexibility index (Phi) is 8.54. The first-order valence-electron chi connectivity index (χ1n) is 11.7. The summed E-state index contributed by atoms with van der Waals surface area (Å²) >= 11 is 6.05. The molecule has 0 unspecified atom stereocenters. The molecule has 3 aromatic rings. The van der Waals surface area contributed by atoms with Crippen LogP contribution in [-0.4, -0.2) is 31.4 Å². The van der Waals surface area contributed by atoms with Gasteiger partial charge in [0.2, 0.25) is 0 Å². The first-order valence-corrected chi connectivity index (χ1v) is 12.1. The molecule has 37 heavy (non-hydrogen) atoms. The number of halogens is 1. The van der Waals surface area contributed by atoms with Gasteiger partial charge in [-0.2, -0.15) is 10.5 Å². The van der Waals surface area contributed by atoms with Crippen LogP contribution in [0.2, 0.25) is 5.02 Å². The van der Waals surface area contributed by atoms with Gasteiger partial charge in [-0.1, -0.05) is 41.9 Å². The largest absolute Gasteiger partial charge is 0.486 e. The number of rotatable bonds is 10. The van der Waals surface area contributed by atoms with Crippen LogP contribution in [0.25, 0.3) is 6.08 Å². The van der Waals surface area contributed by atoms with Crippen molar-refractivity contribution < 1.29 is 9.53 Å². The third kappa shape index (κ3) is 6.55. The van der Waals surface area contributed by atoms with E-state index in [2.05, 4.69) is 17.1 Å². The van der Waals surface area contributed by atoms with Gasteiger partial charge in [0.25, 0.3) is 5.91 Å². The Bertz CT molecular complexity index is 1350. The highest BCUT2D eigenvalue weighted by atomic mass is 35.5. The van der Waals surface area contributed by atoms with E-state index in [0.717, 1.165) is 11.3 Å². The zero-order chi connectivity index (χ0) is 26.0. The van der Waals surface area contributed by atoms with Crippen LogP contribution in [0.4, 0.5) is 11.4 Å². The normalized spacial score (nSPS) is 13.7. The van der Waals surface area contributed by atoms with Crippen LogP contribution in [0.3, 0.4) is 0 Å². The lowest BCUT2D eigenvalue weighted by molar-refractivity contribution is -0.113. The molecule has 8 heteroatoms. The fourth-order valence-electron chi connectivity index (χ4n) is 3.86. The lowest BCUT2D eigenvalue weighted by Gasteiger charge is -2.22. The molecule has 0 saturated heterocycles. The van der Waals surface area contributed by atoms with Crippen molar-refractivity contribution in [3.63, 3.8) is 0 Å². The summed E-state index contributed by atoms with van der Waals surface area (Å²) in [6, 6.07) is 28.3. The summed E-state index contributed by atoms with van der Waals surface area (Å²) in [7, 11) is 0. The maximum atomic E-state index is 13.4. The monoisotopic (exact) mass is 509 g/mol. The molecule has 0 bridgehead atoms. The zero-order valence-corrected chi connectivity index (χ0v) is 20.8. The Morgan fingerprint density at radius 3 is 2.19 bits per heavy atom. The second kappa shape index (κ2) is 12.4. The minimum atomic E-state index is -0.261. The number of aliphatic imine (C=N–C) groups is 1. The Labute approximate surface area is 221 Å². The van der Waals surface area contributed by atoms with Crippen molar-refractivity contribution in [3.05, 3.63) is 95.1 Å². The summed E-state index contributed by atoms with van der Waals surface area (Å²) in [5, 5.41) is 18.5. The molecule has 1 amide bonds. The lowest BCUT2D eigenvalue weighted by Crippen LogP contribution is -2.35. The Morgan fingerprint density at radius 1 is 0.919 bits per heavy atom. The molecule has 184 valence electrons. The van der Waals surface area contributed by atoms with Crippen molar-refractivity contribution in [2.24, 2.45) is 4.99 Å². The summed E-state index contributed by atoms with van der Waals surface area (Å²) in [4.78, 5) is 21.6. The van der Waals surface area contributed by atoms with E-state index in [1.54, 1.807) is 30.3 Å². The van der Waals surface area contributed by atoms with Crippen LogP contribution in [-0.2, 0) is 4.79 Å². The van der Waals surface area contributed by atoms with Crippen molar-refractivity contribution in [2.75, 3.05) is 29.5 Å². The average molecular weight is 510 g/mol. The van der Waals surface area contributed by atoms with Crippen LogP contribution in [0.5, 0.6) is 5.75 Å². The van der Waals surface area contributed by atoms with E-state index in [1.165, 1.54) is 4.90 Å². The predicted octanol–water partition coefficient (Wildman–Crippen LogP) is 5.84. The number of amidine groups is 1. The number of carbonyl (C=O) groups is 1. The van der Waals surface area contributed by atoms with Crippen molar-refractivity contribution in [3.8, 4) is 17.9 Å². The number of nitrogens with zero attached hydrogens (tertiary/aromatic N) is 5. The van der Waals surface area contributed by atoms with Gasteiger partial charge in [0.15, 0.2) is 5.84 Å². The van der Waals surface area contributed by atoms with Gasteiger partial charge in [0.1, 0.15) is 18.1 Å². The first kappa shape index (κ1) is 25.5. The molecule has 1 heterocycles. The summed E-state index contributed by atoms with van der Waals surface area (Å²) < 4.78 is 5.89. The number of carbonyl (C=O) groups excluding carboxylic acids is 1. The highest BCUT2D eigenvalue weighted by Gasteiger charge is 2.32. The van der Waals surface area contributed by atoms with Crippen LogP contribution in [0.1, 0.15) is 18.4 Å². The predicted molar refractivity (Wildman–Crippen MR) is 145 cm³/mol. The average Bonchev–Trinajstić information content (AvgIpc) is 3.23. The molecule has 1 aliphatic heterocycles. The van der Waals surface area contributed by atoms with Gasteiger partial charge in [-0.05, 0) is 60.2 Å². The standard InChI is InChI=1S/C29H24ClN5O2/c30-23-10-14-25(15-11-23)35-28(21-37-26-6-2-1-3-7-26)33-27(29(35)36)20-22-8-12-24(13-9-22)34(18-4-16-31)19-5-17-32/h1-3,6-15,20H,4-5,18-19,21H2/b27-20+. The van der Waals surface area contributed by atoms with Crippen LogP contribution < -0.4 is 14.5 Å². The first-order chi connectivity index (χ1) is 18.1. The lowest BCUT2D eigenvalue weighted by atomic mass is 10.1. The summed E-state index contributed by atoms with van der Waals surface area (Å²) in [5.74, 6) is 0.889. The van der Waals surface area contributed by atoms with Gasteiger partial charge in [0.05, 0.1) is 30.7 Å². The second-order valence-corrected chi connectivity index (χ2v) is 8.61. The van der Waals surface area contributed by atoms with E-state index in [9.17, 15) is 4.79 Å². The second-order valence-electron chi connectivity index (χ2n) is 8.17. The maximum Gasteiger partial charge on any atom is 0.282 e. The number of benzene rings is 3. The molecule has 0 aromatic heterocycles. The summed E-state index contributed by atoms with van der Waals surface area (Å²) in [6.45, 7) is 1.20. The number of amides is 1. The van der Waals surface area contributed by atoms with Crippen molar-refractivity contribution in [1.82, 2.24) is 0 Å². The van der Waals surface area contributed by atoms with E-state index >= 15 is 0 Å². The molecule has 0 radical (unpaired) electrons. The van der Waals surface area contributed by atoms with Crippen LogP contribution in [0, 0.1) is 22.7 Å². The molecule has 0 spiro atoms. The zero-order valence-electron chi connectivity index (χ0n) is 20.0. The Balaban J connectivity index is 1.58. The SMILES string of the molecule is N#CCCN(CCC#N)c1ccc(/C=C2/N=C(COc3ccccc3)N(c3ccc(Cl)cc3)C2=O)cc1. The molecule has 7 nitrogen and oxygen atoms in total. The van der Waals surface area contributed by atoms with E-state index in [-0.39, 0.29) is 12.5 Å². The quantitative estimate of drug-likeness (QED) is 0.320. The van der Waals surface area contributed by atoms with E-state index in [1.807, 2.05) is 59.5 Å². The molecule has 0 aliphatic carbocycles. The van der Waals surface area contributed by atoms with E-state index in [4.69, 9.17) is 26.9 Å². The number of para-hydroxylation sites is 1. The van der Waals surface area contributed by atoms with Gasteiger partial charge in [-0.15, -0.1) is 0 Å². The third-order valence-electron chi connectivity index (χ3n) is 5.67. The minimum absolute atomic E-state index is 0.113.